The third-order valence-electron chi connectivity index (χ3n) is 13.7. The van der Waals surface area contributed by atoms with Crippen LogP contribution in [0.2, 0.25) is 0 Å². The van der Waals surface area contributed by atoms with Gasteiger partial charge in [0.2, 0.25) is 0 Å². The fraction of sp³-hybridized carbons (Fsp3) is 0.288. The van der Waals surface area contributed by atoms with Crippen LogP contribution >= 0.6 is 0 Å². The number of rotatable bonds is 10. The molecule has 0 aromatic heterocycles. The predicted molar refractivity (Wildman–Crippen MR) is 266 cm³/mol. The monoisotopic (exact) mass is 884 g/mol. The Morgan fingerprint density at radius 3 is 1.03 bits per heavy atom. The van der Waals surface area contributed by atoms with E-state index in [1.54, 1.807) is 36.4 Å². The number of hydrogen-bond donors (Lipinski definition) is 7. The van der Waals surface area contributed by atoms with Gasteiger partial charge in [0.1, 0.15) is 40.2 Å². The zero-order chi connectivity index (χ0) is 48.3. The van der Waals surface area contributed by atoms with Crippen molar-refractivity contribution < 1.29 is 35.7 Å². The van der Waals surface area contributed by atoms with Crippen LogP contribution in [0.5, 0.6) is 40.2 Å². The number of aromatic hydroxyl groups is 7. The van der Waals surface area contributed by atoms with E-state index in [1.165, 1.54) is 0 Å². The van der Waals surface area contributed by atoms with Crippen molar-refractivity contribution in [3.8, 4) is 40.2 Å². The van der Waals surface area contributed by atoms with Gasteiger partial charge in [0, 0.05) is 41.4 Å². The average molecular weight is 885 g/mol. The second-order valence-corrected chi connectivity index (χ2v) is 19.8. The summed E-state index contributed by atoms with van der Waals surface area (Å²) in [7, 11) is 0. The molecule has 7 aromatic rings. The van der Waals surface area contributed by atoms with Crippen molar-refractivity contribution in [1.82, 2.24) is 0 Å². The van der Waals surface area contributed by atoms with Crippen LogP contribution < -0.4 is 0 Å². The molecule has 7 nitrogen and oxygen atoms in total. The molecule has 7 rings (SSSR count). The molecule has 0 amide bonds. The van der Waals surface area contributed by atoms with Gasteiger partial charge in [-0.15, -0.1) is 0 Å². The molecule has 0 bridgehead atoms. The number of phenols is 7. The minimum absolute atomic E-state index is 0.111. The molecule has 0 spiro atoms. The molecule has 0 atom stereocenters. The summed E-state index contributed by atoms with van der Waals surface area (Å²) in [6, 6.07) is 28.2. The summed E-state index contributed by atoms with van der Waals surface area (Å²) >= 11 is 0. The van der Waals surface area contributed by atoms with Crippen molar-refractivity contribution in [3.63, 3.8) is 0 Å². The molecule has 342 valence electrons. The third kappa shape index (κ3) is 9.04. The fourth-order valence-electron chi connectivity index (χ4n) is 9.87. The molecular weight excluding hydrogens is 821 g/mol. The summed E-state index contributed by atoms with van der Waals surface area (Å²) in [5.74, 6) is 0.308. The van der Waals surface area contributed by atoms with Crippen molar-refractivity contribution in [2.24, 2.45) is 0 Å². The van der Waals surface area contributed by atoms with E-state index in [0.717, 1.165) is 77.9 Å². The first-order valence-corrected chi connectivity index (χ1v) is 22.6. The lowest BCUT2D eigenvalue weighted by atomic mass is 9.77. The molecule has 0 fully saturated rings. The van der Waals surface area contributed by atoms with E-state index in [0.29, 0.717) is 46.2 Å². The zero-order valence-electron chi connectivity index (χ0n) is 40.4. The first kappa shape index (κ1) is 47.1. The molecule has 7 heteroatoms. The standard InChI is InChI=1S/C59H64O7/c1-30-21-52(62)34(5)17-42(30)56(43-18-35(6)53(63)22-31(43)2)47-27-39(13-15-50(47)60)25-41-29-49(59(10,11)12)38(9)46(58(41)66)26-40-14-16-51(61)48(28-40)57(44-19-36(7)54(64)23-32(44)3)45-20-37(8)55(65)24-33(45)4/h13-24,27-29,56-57,60-66H,25-26H2,1-12H3. The molecule has 0 aliphatic rings. The summed E-state index contributed by atoms with van der Waals surface area (Å²) in [6.45, 7) is 23.8. The van der Waals surface area contributed by atoms with Gasteiger partial charge in [0.15, 0.2) is 0 Å². The van der Waals surface area contributed by atoms with Crippen LogP contribution in [-0.4, -0.2) is 35.7 Å². The molecule has 0 unspecified atom stereocenters. The van der Waals surface area contributed by atoms with Gasteiger partial charge in [-0.05, 0) is 199 Å². The van der Waals surface area contributed by atoms with E-state index in [4.69, 9.17) is 0 Å². The molecule has 0 aliphatic carbocycles. The summed E-state index contributed by atoms with van der Waals surface area (Å²) in [5, 5.41) is 78.5. The molecular formula is C59H64O7. The lowest BCUT2D eigenvalue weighted by Crippen LogP contribution is -2.16. The maximum Gasteiger partial charge on any atom is 0.122 e. The van der Waals surface area contributed by atoms with Gasteiger partial charge in [0.25, 0.3) is 0 Å². The lowest BCUT2D eigenvalue weighted by molar-refractivity contribution is 0.460. The topological polar surface area (TPSA) is 142 Å². The number of benzene rings is 7. The van der Waals surface area contributed by atoms with Crippen molar-refractivity contribution in [1.29, 1.82) is 0 Å². The predicted octanol–water partition coefficient (Wildman–Crippen LogP) is 13.2. The van der Waals surface area contributed by atoms with E-state index in [1.807, 2.05) is 104 Å². The van der Waals surface area contributed by atoms with Gasteiger partial charge < -0.3 is 35.7 Å². The van der Waals surface area contributed by atoms with Crippen molar-refractivity contribution in [2.75, 3.05) is 0 Å². The summed E-state index contributed by atoms with van der Waals surface area (Å²) < 4.78 is 0. The highest BCUT2D eigenvalue weighted by Crippen LogP contribution is 2.46. The van der Waals surface area contributed by atoms with Crippen molar-refractivity contribution in [3.05, 3.63) is 202 Å². The lowest BCUT2D eigenvalue weighted by Gasteiger charge is -2.27. The van der Waals surface area contributed by atoms with Crippen LogP contribution in [0.15, 0.2) is 91.0 Å². The Labute approximate surface area is 390 Å². The van der Waals surface area contributed by atoms with Gasteiger partial charge in [-0.1, -0.05) is 75.4 Å². The van der Waals surface area contributed by atoms with Gasteiger partial charge >= 0.3 is 0 Å². The van der Waals surface area contributed by atoms with Crippen LogP contribution in [0.4, 0.5) is 0 Å². The fourth-order valence-corrected chi connectivity index (χ4v) is 9.87. The molecule has 7 aromatic carbocycles. The van der Waals surface area contributed by atoms with E-state index in [-0.39, 0.29) is 45.7 Å². The average Bonchev–Trinajstić information content (AvgIpc) is 3.23. The maximum atomic E-state index is 12.4. The molecule has 0 saturated heterocycles. The molecule has 0 heterocycles. The summed E-state index contributed by atoms with van der Waals surface area (Å²) in [6.07, 6.45) is 0.739. The minimum Gasteiger partial charge on any atom is -0.508 e. The molecule has 0 radical (unpaired) electrons. The normalized spacial score (nSPS) is 11.8. The maximum absolute atomic E-state index is 12.4. The largest absolute Gasteiger partial charge is 0.508 e. The molecule has 0 saturated carbocycles. The number of hydrogen-bond acceptors (Lipinski definition) is 7. The van der Waals surface area contributed by atoms with E-state index >= 15 is 0 Å². The molecule has 0 aliphatic heterocycles. The van der Waals surface area contributed by atoms with Crippen LogP contribution in [-0.2, 0) is 18.3 Å². The highest BCUT2D eigenvalue weighted by molar-refractivity contribution is 5.61. The minimum atomic E-state index is -0.439. The van der Waals surface area contributed by atoms with Crippen LogP contribution in [0, 0.1) is 62.3 Å². The van der Waals surface area contributed by atoms with Crippen LogP contribution in [0.25, 0.3) is 0 Å². The second kappa shape index (κ2) is 17.8. The van der Waals surface area contributed by atoms with E-state index in [2.05, 4.69) is 33.8 Å². The van der Waals surface area contributed by atoms with Gasteiger partial charge in [-0.3, -0.25) is 0 Å². The highest BCUT2D eigenvalue weighted by Gasteiger charge is 2.29. The van der Waals surface area contributed by atoms with E-state index in [9.17, 15) is 35.7 Å². The Morgan fingerprint density at radius 1 is 0.364 bits per heavy atom. The van der Waals surface area contributed by atoms with Crippen LogP contribution in [0.3, 0.4) is 0 Å². The first-order valence-electron chi connectivity index (χ1n) is 22.6. The number of phenolic OH excluding ortho intramolecular Hbond substituents is 7. The molecule has 7 N–H and O–H groups in total. The third-order valence-corrected chi connectivity index (χ3v) is 13.7. The van der Waals surface area contributed by atoms with Gasteiger partial charge in [-0.2, -0.15) is 0 Å². The van der Waals surface area contributed by atoms with Crippen LogP contribution in [0.1, 0.15) is 144 Å². The Kier molecular flexibility index (Phi) is 12.7. The Bertz CT molecular complexity index is 2930. The quantitative estimate of drug-likeness (QED) is 0.0678. The zero-order valence-corrected chi connectivity index (χ0v) is 40.4. The van der Waals surface area contributed by atoms with E-state index < -0.39 is 11.8 Å². The second-order valence-electron chi connectivity index (χ2n) is 19.8. The highest BCUT2D eigenvalue weighted by atomic mass is 16.3. The molecule has 66 heavy (non-hydrogen) atoms. The number of aryl methyl sites for hydroxylation is 8. The van der Waals surface area contributed by atoms with Gasteiger partial charge in [0.05, 0.1) is 0 Å². The van der Waals surface area contributed by atoms with Crippen molar-refractivity contribution >= 4 is 0 Å². The summed E-state index contributed by atoms with van der Waals surface area (Å²) in [5.41, 5.74) is 16.4. The Hall–Kier alpha value is -6.86. The Morgan fingerprint density at radius 2 is 0.697 bits per heavy atom. The summed E-state index contributed by atoms with van der Waals surface area (Å²) in [4.78, 5) is 0. The first-order chi connectivity index (χ1) is 30.9. The van der Waals surface area contributed by atoms with Gasteiger partial charge in [-0.25, -0.2) is 0 Å². The SMILES string of the molecule is Cc1cc(C(c2cc(C)c(O)cc2C)c2cc(Cc3cc(C(C)(C)C)c(C)c(Cc4ccc(O)c(C(c5cc(C)c(O)cc5C)c5cc(C)c(O)cc5C)c4)c3O)ccc2O)c(C)cc1O. The van der Waals surface area contributed by atoms with Crippen molar-refractivity contribution in [2.45, 2.75) is 113 Å². The Balaban J connectivity index is 1.36. The smallest absolute Gasteiger partial charge is 0.122 e.